The third-order valence-electron chi connectivity index (χ3n) is 8.26. The lowest BCUT2D eigenvalue weighted by Crippen LogP contribution is -2.43. The molecule has 1 aromatic carbocycles. The van der Waals surface area contributed by atoms with Gasteiger partial charge in [0.15, 0.2) is 0 Å². The van der Waals surface area contributed by atoms with E-state index in [9.17, 15) is 9.59 Å². The lowest BCUT2D eigenvalue weighted by Gasteiger charge is -2.27. The number of nitrogens with two attached hydrogens (primary N) is 1. The second kappa shape index (κ2) is 21.1. The van der Waals surface area contributed by atoms with Gasteiger partial charge in [0, 0.05) is 37.5 Å². The van der Waals surface area contributed by atoms with Crippen LogP contribution in [0.5, 0.6) is 0 Å². The molecule has 7 heteroatoms. The van der Waals surface area contributed by atoms with Crippen molar-refractivity contribution in [1.29, 1.82) is 0 Å². The number of carbonyl (C=O) groups is 2. The molecule has 1 saturated carbocycles. The van der Waals surface area contributed by atoms with E-state index in [1.54, 1.807) is 4.90 Å². The summed E-state index contributed by atoms with van der Waals surface area (Å²) in [6.07, 6.45) is 7.72. The van der Waals surface area contributed by atoms with Gasteiger partial charge in [-0.2, -0.15) is 0 Å². The average molecular weight is 585 g/mol. The molecular formula is C35H60N4O3. The van der Waals surface area contributed by atoms with Crippen molar-refractivity contribution < 1.29 is 14.3 Å². The Labute approximate surface area is 257 Å². The van der Waals surface area contributed by atoms with Crippen LogP contribution < -0.4 is 5.73 Å². The fourth-order valence-electron chi connectivity index (χ4n) is 4.97. The van der Waals surface area contributed by atoms with Crippen LogP contribution in [-0.2, 0) is 14.3 Å². The molecule has 0 aromatic heterocycles. The second-order valence-corrected chi connectivity index (χ2v) is 11.3. The van der Waals surface area contributed by atoms with E-state index in [2.05, 4.69) is 59.7 Å². The summed E-state index contributed by atoms with van der Waals surface area (Å²) in [6.45, 7) is 20.9. The van der Waals surface area contributed by atoms with Crippen molar-refractivity contribution in [2.75, 3.05) is 45.9 Å². The van der Waals surface area contributed by atoms with Gasteiger partial charge in [0.1, 0.15) is 12.2 Å². The Kier molecular flexibility index (Phi) is 18.8. The summed E-state index contributed by atoms with van der Waals surface area (Å²) >= 11 is 0. The van der Waals surface area contributed by atoms with Crippen LogP contribution in [-0.4, -0.2) is 73.3 Å². The van der Waals surface area contributed by atoms with Crippen LogP contribution in [0.1, 0.15) is 103 Å². The number of allylic oxidation sites excluding steroid dienone is 1. The summed E-state index contributed by atoms with van der Waals surface area (Å²) in [5.41, 5.74) is 12.6. The molecule has 2 aliphatic rings. The van der Waals surface area contributed by atoms with Gasteiger partial charge in [-0.15, -0.1) is 0 Å². The molecule has 42 heavy (non-hydrogen) atoms. The standard InChI is InChI=1S/C24H42N4O3.C9H12.C2H6/c1-4-12-27(13-11-19(3)5-2)22(29)18-26-21-10-8-6-7-9-20(21)23(25)24(30)28-14-16-31-17-15-28;1-7-5-4-6-8(2)9(7)3;1-2/h19H,4-18,25H2,1-3H3;4-6H,1-3H3;1-2H3/b23-20-,26-21?;;. The first kappa shape index (κ1) is 37.4. The van der Waals surface area contributed by atoms with Gasteiger partial charge in [0.05, 0.1) is 13.2 Å². The van der Waals surface area contributed by atoms with Crippen LogP contribution in [0.2, 0.25) is 0 Å². The summed E-state index contributed by atoms with van der Waals surface area (Å²) in [5, 5.41) is 0. The molecule has 0 spiro atoms. The van der Waals surface area contributed by atoms with E-state index in [0.29, 0.717) is 37.9 Å². The highest BCUT2D eigenvalue weighted by molar-refractivity contribution is 6.08. The molecule has 0 radical (unpaired) electrons. The van der Waals surface area contributed by atoms with Crippen LogP contribution in [0.4, 0.5) is 0 Å². The average Bonchev–Trinajstić information content (AvgIpc) is 3.27. The molecule has 1 atom stereocenters. The number of morpholine rings is 1. The molecule has 3 rings (SSSR count). The van der Waals surface area contributed by atoms with Gasteiger partial charge in [-0.1, -0.05) is 65.7 Å². The Morgan fingerprint density at radius 3 is 2.19 bits per heavy atom. The van der Waals surface area contributed by atoms with Crippen molar-refractivity contribution in [1.82, 2.24) is 9.80 Å². The van der Waals surface area contributed by atoms with Gasteiger partial charge in [-0.3, -0.25) is 14.6 Å². The summed E-state index contributed by atoms with van der Waals surface area (Å²) in [4.78, 5) is 34.2. The van der Waals surface area contributed by atoms with Crippen LogP contribution in [0, 0.1) is 26.7 Å². The van der Waals surface area contributed by atoms with E-state index in [-0.39, 0.29) is 18.4 Å². The van der Waals surface area contributed by atoms with Crippen LogP contribution in [0.25, 0.3) is 0 Å². The van der Waals surface area contributed by atoms with E-state index in [4.69, 9.17) is 15.5 Å². The van der Waals surface area contributed by atoms with Crippen LogP contribution in [0.3, 0.4) is 0 Å². The van der Waals surface area contributed by atoms with Gasteiger partial charge in [0.25, 0.3) is 5.91 Å². The molecular weight excluding hydrogens is 524 g/mol. The topological polar surface area (TPSA) is 88.2 Å². The highest BCUT2D eigenvalue weighted by Gasteiger charge is 2.25. The molecule has 1 unspecified atom stereocenters. The number of amides is 2. The molecule has 1 aliphatic heterocycles. The minimum Gasteiger partial charge on any atom is -0.394 e. The Morgan fingerprint density at radius 2 is 1.62 bits per heavy atom. The van der Waals surface area contributed by atoms with E-state index in [1.165, 1.54) is 16.7 Å². The Hall–Kier alpha value is -2.67. The number of rotatable bonds is 9. The van der Waals surface area contributed by atoms with Crippen molar-refractivity contribution in [2.45, 2.75) is 107 Å². The summed E-state index contributed by atoms with van der Waals surface area (Å²) in [7, 11) is 0. The molecule has 2 amide bonds. The van der Waals surface area contributed by atoms with E-state index < -0.39 is 0 Å². The minimum absolute atomic E-state index is 0.0688. The Bertz CT molecular complexity index is 991. The number of carbonyl (C=O) groups excluding carboxylic acids is 2. The Balaban J connectivity index is 0.000000673. The Morgan fingerprint density at radius 1 is 1.00 bits per heavy atom. The zero-order chi connectivity index (χ0) is 31.5. The molecule has 238 valence electrons. The fraction of sp³-hybridized carbons (Fsp3) is 0.686. The fourth-order valence-corrected chi connectivity index (χ4v) is 4.97. The minimum atomic E-state index is -0.125. The van der Waals surface area contributed by atoms with Crippen LogP contribution >= 0.6 is 0 Å². The van der Waals surface area contributed by atoms with E-state index in [0.717, 1.165) is 75.7 Å². The smallest absolute Gasteiger partial charge is 0.270 e. The van der Waals surface area contributed by atoms with E-state index >= 15 is 0 Å². The highest BCUT2D eigenvalue weighted by atomic mass is 16.5. The number of aryl methyl sites for hydroxylation is 2. The summed E-state index contributed by atoms with van der Waals surface area (Å²) < 4.78 is 5.35. The van der Waals surface area contributed by atoms with Crippen LogP contribution in [0.15, 0.2) is 34.5 Å². The number of benzene rings is 1. The predicted molar refractivity (Wildman–Crippen MR) is 177 cm³/mol. The maximum atomic E-state index is 12.9. The van der Waals surface area contributed by atoms with Crippen molar-refractivity contribution in [2.24, 2.45) is 16.6 Å². The number of hydrogen-bond acceptors (Lipinski definition) is 5. The number of aliphatic imine (C=N–C) groups is 1. The van der Waals surface area contributed by atoms with Crippen molar-refractivity contribution in [3.05, 3.63) is 46.2 Å². The van der Waals surface area contributed by atoms with Crippen molar-refractivity contribution in [3.63, 3.8) is 0 Å². The quantitative estimate of drug-likeness (QED) is 0.256. The third-order valence-corrected chi connectivity index (χ3v) is 8.26. The molecule has 1 heterocycles. The first-order chi connectivity index (χ1) is 20.2. The van der Waals surface area contributed by atoms with Gasteiger partial charge >= 0.3 is 0 Å². The largest absolute Gasteiger partial charge is 0.394 e. The zero-order valence-corrected chi connectivity index (χ0v) is 28.1. The maximum Gasteiger partial charge on any atom is 0.270 e. The molecule has 0 bridgehead atoms. The first-order valence-electron chi connectivity index (χ1n) is 16.4. The molecule has 1 saturated heterocycles. The number of hydrogen-bond donors (Lipinski definition) is 1. The SMILES string of the molecule is CC.CCCN(CCC(C)CC)C(=O)CN=C1CCCCC/C1=C(/N)C(=O)N1CCOCC1.Cc1cccc(C)c1C. The predicted octanol–water partition coefficient (Wildman–Crippen LogP) is 6.78. The molecule has 2 fully saturated rings. The summed E-state index contributed by atoms with van der Waals surface area (Å²) in [5.74, 6) is 0.556. The van der Waals surface area contributed by atoms with E-state index in [1.807, 2.05) is 18.7 Å². The zero-order valence-electron chi connectivity index (χ0n) is 28.1. The molecule has 1 aliphatic carbocycles. The molecule has 1 aromatic rings. The lowest BCUT2D eigenvalue weighted by atomic mass is 10.0. The van der Waals surface area contributed by atoms with Gasteiger partial charge in [-0.05, 0) is 81.9 Å². The van der Waals surface area contributed by atoms with Gasteiger partial charge < -0.3 is 20.3 Å². The molecule has 7 nitrogen and oxygen atoms in total. The summed E-state index contributed by atoms with van der Waals surface area (Å²) in [6, 6.07) is 6.38. The third kappa shape index (κ3) is 12.7. The first-order valence-corrected chi connectivity index (χ1v) is 16.4. The number of ether oxygens (including phenoxy) is 1. The number of nitrogens with zero attached hydrogens (tertiary/aromatic N) is 3. The van der Waals surface area contributed by atoms with Gasteiger partial charge in [-0.25, -0.2) is 0 Å². The monoisotopic (exact) mass is 584 g/mol. The lowest BCUT2D eigenvalue weighted by molar-refractivity contribution is -0.131. The van der Waals surface area contributed by atoms with Crippen molar-refractivity contribution >= 4 is 17.5 Å². The second-order valence-electron chi connectivity index (χ2n) is 11.3. The maximum absolute atomic E-state index is 12.9. The normalized spacial score (nSPS) is 18.1. The highest BCUT2D eigenvalue weighted by Crippen LogP contribution is 2.23. The van der Waals surface area contributed by atoms with Gasteiger partial charge in [0.2, 0.25) is 5.91 Å². The van der Waals surface area contributed by atoms with Crippen molar-refractivity contribution in [3.8, 4) is 0 Å². The molecule has 2 N–H and O–H groups in total.